The second kappa shape index (κ2) is 6.00. The molecule has 1 aromatic carbocycles. The fourth-order valence-corrected chi connectivity index (χ4v) is 3.25. The third-order valence-corrected chi connectivity index (χ3v) is 4.44. The second-order valence-corrected chi connectivity index (χ2v) is 5.93. The minimum Gasteiger partial charge on any atom is -0.398 e. The average molecular weight is 284 g/mol. The summed E-state index contributed by atoms with van der Waals surface area (Å²) in [6, 6.07) is 10.7. The monoisotopic (exact) mass is 284 g/mol. The molecule has 4 nitrogen and oxygen atoms in total. The molecule has 0 bridgehead atoms. The van der Waals surface area contributed by atoms with Gasteiger partial charge in [0.15, 0.2) is 0 Å². The van der Waals surface area contributed by atoms with E-state index >= 15 is 0 Å². The Labute approximate surface area is 126 Å². The van der Waals surface area contributed by atoms with E-state index in [2.05, 4.69) is 23.6 Å². The molecular weight excluding hydrogens is 260 g/mol. The molecule has 0 amide bonds. The quantitative estimate of drug-likeness (QED) is 0.939. The third-order valence-electron chi connectivity index (χ3n) is 4.44. The predicted molar refractivity (Wildman–Crippen MR) is 88.1 cm³/mol. The van der Waals surface area contributed by atoms with Crippen molar-refractivity contribution in [2.45, 2.75) is 26.4 Å². The Kier molecular flexibility index (Phi) is 4.08. The second-order valence-electron chi connectivity index (χ2n) is 5.93. The number of rotatable bonds is 3. The Hall–Kier alpha value is -1.65. The zero-order chi connectivity index (χ0) is 14.8. The summed E-state index contributed by atoms with van der Waals surface area (Å²) in [7, 11) is 0. The van der Waals surface area contributed by atoms with Gasteiger partial charge in [-0.25, -0.2) is 0 Å². The van der Waals surface area contributed by atoms with Gasteiger partial charge < -0.3 is 5.73 Å². The molecule has 0 aliphatic carbocycles. The third kappa shape index (κ3) is 3.01. The van der Waals surface area contributed by atoms with Crippen molar-refractivity contribution in [3.63, 3.8) is 0 Å². The number of fused-ring (bicyclic) bond motifs is 1. The molecule has 1 aromatic heterocycles. The number of likely N-dealkylation sites (N-methyl/N-ethyl adjacent to an activating group) is 1. The Balaban J connectivity index is 1.76. The van der Waals surface area contributed by atoms with Crippen LogP contribution in [0.15, 0.2) is 30.3 Å². The van der Waals surface area contributed by atoms with Gasteiger partial charge in [0.2, 0.25) is 0 Å². The smallest absolute Gasteiger partial charge is 0.0726 e. The molecule has 1 atom stereocenters. The van der Waals surface area contributed by atoms with Gasteiger partial charge in [-0.05, 0) is 25.6 Å². The van der Waals surface area contributed by atoms with Crippen molar-refractivity contribution < 1.29 is 0 Å². The van der Waals surface area contributed by atoms with Gasteiger partial charge in [-0.3, -0.25) is 14.8 Å². The molecule has 2 aromatic rings. The Morgan fingerprint density at radius 2 is 2.10 bits per heavy atom. The topological polar surface area (TPSA) is 45.4 Å². The summed E-state index contributed by atoms with van der Waals surface area (Å²) < 4.78 is 0. The van der Waals surface area contributed by atoms with Crippen LogP contribution in [0.3, 0.4) is 0 Å². The molecular formula is C17H24N4. The van der Waals surface area contributed by atoms with Crippen molar-refractivity contribution in [2.24, 2.45) is 0 Å². The van der Waals surface area contributed by atoms with Gasteiger partial charge in [0, 0.05) is 43.3 Å². The van der Waals surface area contributed by atoms with E-state index in [1.807, 2.05) is 30.3 Å². The number of nitrogen functional groups attached to an aromatic ring is 1. The minimum atomic E-state index is 0.613. The van der Waals surface area contributed by atoms with Gasteiger partial charge in [-0.1, -0.05) is 25.1 Å². The highest BCUT2D eigenvalue weighted by atomic mass is 15.3. The molecule has 1 saturated heterocycles. The van der Waals surface area contributed by atoms with Crippen LogP contribution in [0, 0.1) is 0 Å². The lowest BCUT2D eigenvalue weighted by Gasteiger charge is -2.39. The average Bonchev–Trinajstić information content (AvgIpc) is 2.47. The number of pyridine rings is 1. The Morgan fingerprint density at radius 1 is 1.29 bits per heavy atom. The van der Waals surface area contributed by atoms with Crippen LogP contribution in [0.25, 0.3) is 10.9 Å². The van der Waals surface area contributed by atoms with Crippen LogP contribution in [-0.2, 0) is 6.54 Å². The fourth-order valence-electron chi connectivity index (χ4n) is 3.25. The summed E-state index contributed by atoms with van der Waals surface area (Å²) in [6.45, 7) is 9.90. The van der Waals surface area contributed by atoms with Crippen LogP contribution in [0.1, 0.15) is 19.5 Å². The van der Waals surface area contributed by atoms with E-state index in [9.17, 15) is 0 Å². The number of piperazine rings is 1. The molecule has 0 spiro atoms. The Morgan fingerprint density at radius 3 is 2.86 bits per heavy atom. The van der Waals surface area contributed by atoms with Crippen molar-refractivity contribution >= 4 is 16.6 Å². The van der Waals surface area contributed by atoms with Crippen molar-refractivity contribution in [2.75, 3.05) is 31.9 Å². The van der Waals surface area contributed by atoms with E-state index < -0.39 is 0 Å². The summed E-state index contributed by atoms with van der Waals surface area (Å²) in [4.78, 5) is 9.77. The molecule has 0 saturated carbocycles. The first-order valence-corrected chi connectivity index (χ1v) is 7.78. The summed E-state index contributed by atoms with van der Waals surface area (Å²) in [5, 5.41) is 1.05. The van der Waals surface area contributed by atoms with E-state index in [-0.39, 0.29) is 0 Å². The number of hydrogen-bond donors (Lipinski definition) is 1. The standard InChI is InChI=1S/C17H24N4/c1-3-21-9-8-20(11-13(21)2)12-14-10-16(18)15-6-4-5-7-17(15)19-14/h4-7,10,13H,3,8-9,11-12H2,1-2H3,(H2,18,19). The highest BCUT2D eigenvalue weighted by molar-refractivity contribution is 5.90. The van der Waals surface area contributed by atoms with E-state index in [0.29, 0.717) is 6.04 Å². The van der Waals surface area contributed by atoms with Crippen molar-refractivity contribution in [3.8, 4) is 0 Å². The SMILES string of the molecule is CCN1CCN(Cc2cc(N)c3ccccc3n2)CC1C. The van der Waals surface area contributed by atoms with Crippen molar-refractivity contribution in [1.29, 1.82) is 0 Å². The largest absolute Gasteiger partial charge is 0.398 e. The summed E-state index contributed by atoms with van der Waals surface area (Å²) in [5.74, 6) is 0. The van der Waals surface area contributed by atoms with Crippen LogP contribution >= 0.6 is 0 Å². The van der Waals surface area contributed by atoms with Gasteiger partial charge in [-0.15, -0.1) is 0 Å². The summed E-state index contributed by atoms with van der Waals surface area (Å²) in [5.41, 5.74) is 9.06. The van der Waals surface area contributed by atoms with Gasteiger partial charge in [-0.2, -0.15) is 0 Å². The molecule has 1 aliphatic heterocycles. The normalized spacial score (nSPS) is 21.0. The van der Waals surface area contributed by atoms with E-state index in [1.54, 1.807) is 0 Å². The molecule has 4 heteroatoms. The number of aromatic nitrogens is 1. The zero-order valence-corrected chi connectivity index (χ0v) is 12.9. The molecule has 1 aliphatic rings. The summed E-state index contributed by atoms with van der Waals surface area (Å²) in [6.07, 6.45) is 0. The molecule has 0 radical (unpaired) electrons. The summed E-state index contributed by atoms with van der Waals surface area (Å²) >= 11 is 0. The van der Waals surface area contributed by atoms with Crippen molar-refractivity contribution in [1.82, 2.24) is 14.8 Å². The van der Waals surface area contributed by atoms with Crippen LogP contribution in [0.4, 0.5) is 5.69 Å². The molecule has 21 heavy (non-hydrogen) atoms. The van der Waals surface area contributed by atoms with Crippen LogP contribution in [0.5, 0.6) is 0 Å². The van der Waals surface area contributed by atoms with Crippen LogP contribution in [-0.4, -0.2) is 47.0 Å². The lowest BCUT2D eigenvalue weighted by Crippen LogP contribution is -2.51. The maximum atomic E-state index is 6.17. The maximum Gasteiger partial charge on any atom is 0.0726 e. The highest BCUT2D eigenvalue weighted by Gasteiger charge is 2.22. The van der Waals surface area contributed by atoms with E-state index in [1.165, 1.54) is 0 Å². The number of nitrogens with zero attached hydrogens (tertiary/aromatic N) is 3. The molecule has 1 fully saturated rings. The molecule has 2 N–H and O–H groups in total. The number of hydrogen-bond acceptors (Lipinski definition) is 4. The van der Waals surface area contributed by atoms with Crippen LogP contribution in [0.2, 0.25) is 0 Å². The lowest BCUT2D eigenvalue weighted by atomic mass is 10.1. The lowest BCUT2D eigenvalue weighted by molar-refractivity contribution is 0.0827. The maximum absolute atomic E-state index is 6.17. The molecule has 112 valence electrons. The van der Waals surface area contributed by atoms with Gasteiger partial charge in [0.05, 0.1) is 11.2 Å². The van der Waals surface area contributed by atoms with Crippen molar-refractivity contribution in [3.05, 3.63) is 36.0 Å². The van der Waals surface area contributed by atoms with E-state index in [4.69, 9.17) is 10.7 Å². The molecule has 2 heterocycles. The minimum absolute atomic E-state index is 0.613. The first-order valence-electron chi connectivity index (χ1n) is 7.78. The molecule has 1 unspecified atom stereocenters. The van der Waals surface area contributed by atoms with Crippen LogP contribution < -0.4 is 5.73 Å². The first kappa shape index (κ1) is 14.3. The Bertz CT molecular complexity index is 625. The van der Waals surface area contributed by atoms with Gasteiger partial charge >= 0.3 is 0 Å². The zero-order valence-electron chi connectivity index (χ0n) is 12.9. The number of nitrogens with two attached hydrogens (primary N) is 1. The molecule has 3 rings (SSSR count). The fraction of sp³-hybridized carbons (Fsp3) is 0.471. The number of benzene rings is 1. The predicted octanol–water partition coefficient (Wildman–Crippen LogP) is 2.34. The van der Waals surface area contributed by atoms with Gasteiger partial charge in [0.1, 0.15) is 0 Å². The number of para-hydroxylation sites is 1. The number of anilines is 1. The van der Waals surface area contributed by atoms with E-state index in [0.717, 1.165) is 55.0 Å². The van der Waals surface area contributed by atoms with Gasteiger partial charge in [0.25, 0.3) is 0 Å². The first-order chi connectivity index (χ1) is 10.2. The highest BCUT2D eigenvalue weighted by Crippen LogP contribution is 2.21.